The molecule has 0 saturated carbocycles. The Morgan fingerprint density at radius 2 is 1.86 bits per heavy atom. The van der Waals surface area contributed by atoms with Crippen molar-refractivity contribution in [3.8, 4) is 5.75 Å². The summed E-state index contributed by atoms with van der Waals surface area (Å²) in [7, 11) is 0. The molecule has 0 unspecified atom stereocenters. The van der Waals surface area contributed by atoms with Crippen LogP contribution in [-0.2, 0) is 4.74 Å². The van der Waals surface area contributed by atoms with E-state index in [-0.39, 0.29) is 23.1 Å². The van der Waals surface area contributed by atoms with Gasteiger partial charge in [-0.3, -0.25) is 5.32 Å². The molecule has 0 heterocycles. The van der Waals surface area contributed by atoms with Crippen LogP contribution in [0.15, 0.2) is 18.2 Å². The molecule has 0 radical (unpaired) electrons. The minimum Gasteiger partial charge on any atom is -0.488 e. The average Bonchev–Trinajstić information content (AvgIpc) is 2.27. The highest BCUT2D eigenvalue weighted by molar-refractivity contribution is 5.96. The summed E-state index contributed by atoms with van der Waals surface area (Å²) in [5.74, 6) is -1.01. The molecule has 0 aliphatic carbocycles. The SMILES string of the molecule is CC(C)Oc1c(NC(=O)OC(C)(C)C)cccc1C(=O)O. The van der Waals surface area contributed by atoms with E-state index < -0.39 is 17.7 Å². The minimum atomic E-state index is -1.13. The van der Waals surface area contributed by atoms with Crippen molar-refractivity contribution in [1.29, 1.82) is 0 Å². The Morgan fingerprint density at radius 3 is 2.33 bits per heavy atom. The fourth-order valence-corrected chi connectivity index (χ4v) is 1.58. The van der Waals surface area contributed by atoms with Gasteiger partial charge < -0.3 is 14.6 Å². The number of benzene rings is 1. The van der Waals surface area contributed by atoms with Crippen molar-refractivity contribution in [3.05, 3.63) is 23.8 Å². The van der Waals surface area contributed by atoms with E-state index in [0.29, 0.717) is 0 Å². The summed E-state index contributed by atoms with van der Waals surface area (Å²) in [5.41, 5.74) is -0.400. The molecule has 1 aromatic carbocycles. The van der Waals surface area contributed by atoms with E-state index in [1.807, 2.05) is 0 Å². The molecule has 0 aliphatic rings. The average molecular weight is 295 g/mol. The highest BCUT2D eigenvalue weighted by Gasteiger charge is 2.21. The Bertz CT molecular complexity index is 531. The van der Waals surface area contributed by atoms with Crippen LogP contribution in [0.1, 0.15) is 45.0 Å². The molecule has 0 aromatic heterocycles. The molecule has 1 aromatic rings. The summed E-state index contributed by atoms with van der Waals surface area (Å²) in [4.78, 5) is 23.1. The monoisotopic (exact) mass is 295 g/mol. The molecule has 0 spiro atoms. The minimum absolute atomic E-state index is 0.0164. The number of carboxylic acid groups (broad SMARTS) is 1. The number of aromatic carboxylic acids is 1. The van der Waals surface area contributed by atoms with Gasteiger partial charge in [-0.1, -0.05) is 6.07 Å². The Balaban J connectivity index is 3.08. The van der Waals surface area contributed by atoms with Crippen molar-refractivity contribution in [3.63, 3.8) is 0 Å². The molecule has 2 N–H and O–H groups in total. The molecule has 6 heteroatoms. The van der Waals surface area contributed by atoms with Crippen molar-refractivity contribution in [2.45, 2.75) is 46.3 Å². The lowest BCUT2D eigenvalue weighted by atomic mass is 10.1. The summed E-state index contributed by atoms with van der Waals surface area (Å²) in [5, 5.41) is 11.7. The molecule has 0 saturated heterocycles. The predicted octanol–water partition coefficient (Wildman–Crippen LogP) is 3.52. The van der Waals surface area contributed by atoms with Crippen LogP contribution in [0, 0.1) is 0 Å². The van der Waals surface area contributed by atoms with E-state index in [0.717, 1.165) is 0 Å². The van der Waals surface area contributed by atoms with Crippen molar-refractivity contribution < 1.29 is 24.2 Å². The van der Waals surface area contributed by atoms with Crippen LogP contribution in [0.4, 0.5) is 10.5 Å². The van der Waals surface area contributed by atoms with Crippen LogP contribution in [0.3, 0.4) is 0 Å². The van der Waals surface area contributed by atoms with Crippen LogP contribution in [0.25, 0.3) is 0 Å². The number of nitrogens with one attached hydrogen (secondary N) is 1. The van der Waals surface area contributed by atoms with Crippen LogP contribution < -0.4 is 10.1 Å². The summed E-state index contributed by atoms with van der Waals surface area (Å²) >= 11 is 0. The molecule has 1 amide bonds. The maximum absolute atomic E-state index is 11.8. The van der Waals surface area contributed by atoms with Gasteiger partial charge in [0.25, 0.3) is 0 Å². The quantitative estimate of drug-likeness (QED) is 0.887. The number of ether oxygens (including phenoxy) is 2. The summed E-state index contributed by atoms with van der Waals surface area (Å²) < 4.78 is 10.7. The molecular formula is C15H21NO5. The van der Waals surface area contributed by atoms with E-state index in [1.165, 1.54) is 12.1 Å². The molecule has 116 valence electrons. The van der Waals surface area contributed by atoms with Crippen LogP contribution in [0.5, 0.6) is 5.75 Å². The van der Waals surface area contributed by atoms with Gasteiger partial charge in [-0.15, -0.1) is 0 Å². The number of hydrogen-bond donors (Lipinski definition) is 2. The second-order valence-corrected chi connectivity index (χ2v) is 5.78. The third kappa shape index (κ3) is 5.33. The van der Waals surface area contributed by atoms with Gasteiger partial charge in [0.2, 0.25) is 0 Å². The van der Waals surface area contributed by atoms with E-state index in [4.69, 9.17) is 9.47 Å². The molecular weight excluding hydrogens is 274 g/mol. The standard InChI is InChI=1S/C15H21NO5/c1-9(2)20-12-10(13(17)18)7-6-8-11(12)16-14(19)21-15(3,4)5/h6-9H,1-5H3,(H,16,19)(H,17,18). The first-order chi connectivity index (χ1) is 9.60. The zero-order valence-corrected chi connectivity index (χ0v) is 12.9. The van der Waals surface area contributed by atoms with Crippen molar-refractivity contribution in [2.24, 2.45) is 0 Å². The van der Waals surface area contributed by atoms with Crippen molar-refractivity contribution in [1.82, 2.24) is 0 Å². The van der Waals surface area contributed by atoms with Crippen LogP contribution in [0.2, 0.25) is 0 Å². The zero-order chi connectivity index (χ0) is 16.2. The maximum atomic E-state index is 11.8. The number of anilines is 1. The van der Waals surface area contributed by atoms with Crippen molar-refractivity contribution in [2.75, 3.05) is 5.32 Å². The summed E-state index contributed by atoms with van der Waals surface area (Å²) in [6, 6.07) is 4.51. The first-order valence-electron chi connectivity index (χ1n) is 6.63. The number of amides is 1. The normalized spacial score (nSPS) is 11.1. The van der Waals surface area contributed by atoms with Gasteiger partial charge in [0.05, 0.1) is 11.8 Å². The Hall–Kier alpha value is -2.24. The third-order valence-corrected chi connectivity index (χ3v) is 2.23. The highest BCUT2D eigenvalue weighted by Crippen LogP contribution is 2.30. The molecule has 0 aliphatic heterocycles. The van der Waals surface area contributed by atoms with Crippen LogP contribution in [-0.4, -0.2) is 28.9 Å². The lowest BCUT2D eigenvalue weighted by Gasteiger charge is -2.21. The highest BCUT2D eigenvalue weighted by atomic mass is 16.6. The Kier molecular flexibility index (Phi) is 5.18. The Labute approximate surface area is 124 Å². The number of carbonyl (C=O) groups excluding carboxylic acids is 1. The van der Waals surface area contributed by atoms with E-state index >= 15 is 0 Å². The third-order valence-electron chi connectivity index (χ3n) is 2.23. The largest absolute Gasteiger partial charge is 0.488 e. The first-order valence-corrected chi connectivity index (χ1v) is 6.63. The lowest BCUT2D eigenvalue weighted by molar-refractivity contribution is 0.0630. The smallest absolute Gasteiger partial charge is 0.412 e. The van der Waals surface area contributed by atoms with E-state index in [2.05, 4.69) is 5.32 Å². The van der Waals surface area contributed by atoms with Gasteiger partial charge in [-0.25, -0.2) is 9.59 Å². The number of rotatable bonds is 4. The van der Waals surface area contributed by atoms with Crippen molar-refractivity contribution >= 4 is 17.7 Å². The number of para-hydroxylation sites is 1. The van der Waals surface area contributed by atoms with Gasteiger partial charge in [0.1, 0.15) is 11.2 Å². The number of hydrogen-bond acceptors (Lipinski definition) is 4. The fourth-order valence-electron chi connectivity index (χ4n) is 1.58. The molecule has 0 bridgehead atoms. The molecule has 1 rings (SSSR count). The molecule has 6 nitrogen and oxygen atoms in total. The molecule has 21 heavy (non-hydrogen) atoms. The molecule has 0 atom stereocenters. The number of carboxylic acids is 1. The van der Waals surface area contributed by atoms with Gasteiger partial charge in [-0.05, 0) is 46.8 Å². The first kappa shape index (κ1) is 16.8. The van der Waals surface area contributed by atoms with Gasteiger partial charge in [-0.2, -0.15) is 0 Å². The van der Waals surface area contributed by atoms with Gasteiger partial charge in [0, 0.05) is 0 Å². The van der Waals surface area contributed by atoms with Crippen LogP contribution >= 0.6 is 0 Å². The summed E-state index contributed by atoms with van der Waals surface area (Å²) in [6.45, 7) is 8.77. The van der Waals surface area contributed by atoms with E-state index in [9.17, 15) is 14.7 Å². The fraction of sp³-hybridized carbons (Fsp3) is 0.467. The second kappa shape index (κ2) is 6.47. The van der Waals surface area contributed by atoms with E-state index in [1.54, 1.807) is 40.7 Å². The molecule has 0 fully saturated rings. The topological polar surface area (TPSA) is 84.9 Å². The summed E-state index contributed by atoms with van der Waals surface area (Å²) in [6.07, 6.45) is -0.900. The van der Waals surface area contributed by atoms with Gasteiger partial charge in [0.15, 0.2) is 5.75 Å². The Morgan fingerprint density at radius 1 is 1.24 bits per heavy atom. The lowest BCUT2D eigenvalue weighted by Crippen LogP contribution is -2.27. The zero-order valence-electron chi connectivity index (χ0n) is 12.9. The number of carbonyl (C=O) groups is 2. The maximum Gasteiger partial charge on any atom is 0.412 e. The predicted molar refractivity (Wildman–Crippen MR) is 79.0 cm³/mol. The van der Waals surface area contributed by atoms with Gasteiger partial charge >= 0.3 is 12.1 Å². The second-order valence-electron chi connectivity index (χ2n) is 5.78.